The second-order valence-corrected chi connectivity index (χ2v) is 7.44. The highest BCUT2D eigenvalue weighted by Gasteiger charge is 2.14. The first-order valence-corrected chi connectivity index (χ1v) is 9.99. The molecular formula is C21H24N2O3S. The number of hydrogen-bond acceptors (Lipinski definition) is 5. The molecule has 3 aromatic rings. The van der Waals surface area contributed by atoms with Gasteiger partial charge in [0.15, 0.2) is 5.16 Å². The van der Waals surface area contributed by atoms with Gasteiger partial charge in [-0.1, -0.05) is 42.1 Å². The van der Waals surface area contributed by atoms with Gasteiger partial charge in [0.05, 0.1) is 17.0 Å². The molecule has 1 atom stereocenters. The number of aliphatic hydroxyl groups is 1. The number of benzene rings is 2. The molecule has 0 fully saturated rings. The minimum absolute atomic E-state index is 0.0492. The fourth-order valence-electron chi connectivity index (χ4n) is 2.96. The first-order chi connectivity index (χ1) is 13.0. The third-order valence-corrected chi connectivity index (χ3v) is 5.50. The fraction of sp³-hybridized carbons (Fsp3) is 0.333. The summed E-state index contributed by atoms with van der Waals surface area (Å²) in [7, 11) is 0. The summed E-state index contributed by atoms with van der Waals surface area (Å²) < 4.78 is 7.46. The predicted molar refractivity (Wildman–Crippen MR) is 110 cm³/mol. The molecule has 1 heterocycles. The zero-order chi connectivity index (χ0) is 19.4. The van der Waals surface area contributed by atoms with Crippen LogP contribution in [-0.4, -0.2) is 33.1 Å². The minimum Gasteiger partial charge on any atom is -0.490 e. The van der Waals surface area contributed by atoms with Crippen LogP contribution >= 0.6 is 11.8 Å². The SMILES string of the molecule is CCn1c(SC[C@@H](O)COc2c(C)cccc2C)nc2ccccc2c1=O. The van der Waals surface area contributed by atoms with Gasteiger partial charge in [-0.2, -0.15) is 0 Å². The Balaban J connectivity index is 1.70. The summed E-state index contributed by atoms with van der Waals surface area (Å²) in [6, 6.07) is 13.3. The van der Waals surface area contributed by atoms with Gasteiger partial charge in [-0.15, -0.1) is 0 Å². The summed E-state index contributed by atoms with van der Waals surface area (Å²) in [4.78, 5) is 17.2. The third kappa shape index (κ3) is 4.34. The summed E-state index contributed by atoms with van der Waals surface area (Å²) in [5.74, 6) is 1.21. The molecule has 0 saturated carbocycles. The van der Waals surface area contributed by atoms with Gasteiger partial charge in [0.25, 0.3) is 5.56 Å². The van der Waals surface area contributed by atoms with Crippen LogP contribution in [0.25, 0.3) is 10.9 Å². The zero-order valence-electron chi connectivity index (χ0n) is 15.8. The molecular weight excluding hydrogens is 360 g/mol. The van der Waals surface area contributed by atoms with E-state index in [1.54, 1.807) is 10.6 Å². The molecule has 0 amide bonds. The lowest BCUT2D eigenvalue weighted by molar-refractivity contribution is 0.125. The van der Waals surface area contributed by atoms with Crippen molar-refractivity contribution in [1.82, 2.24) is 9.55 Å². The van der Waals surface area contributed by atoms with Crippen molar-refractivity contribution in [2.45, 2.75) is 38.6 Å². The summed E-state index contributed by atoms with van der Waals surface area (Å²) in [6.45, 7) is 6.63. The van der Waals surface area contributed by atoms with Crippen molar-refractivity contribution < 1.29 is 9.84 Å². The van der Waals surface area contributed by atoms with Gasteiger partial charge >= 0.3 is 0 Å². The molecule has 2 aromatic carbocycles. The number of hydrogen-bond donors (Lipinski definition) is 1. The number of aromatic nitrogens is 2. The molecule has 0 saturated heterocycles. The highest BCUT2D eigenvalue weighted by Crippen LogP contribution is 2.23. The first-order valence-electron chi connectivity index (χ1n) is 9.00. The Morgan fingerprint density at radius 1 is 1.15 bits per heavy atom. The monoisotopic (exact) mass is 384 g/mol. The molecule has 0 aliphatic carbocycles. The predicted octanol–water partition coefficient (Wildman–Crippen LogP) is 3.57. The topological polar surface area (TPSA) is 64.3 Å². The maximum atomic E-state index is 12.6. The van der Waals surface area contributed by atoms with Crippen molar-refractivity contribution in [3.8, 4) is 5.75 Å². The summed E-state index contributed by atoms with van der Waals surface area (Å²) >= 11 is 1.37. The van der Waals surface area contributed by atoms with Gasteiger partial charge in [0.2, 0.25) is 0 Å². The maximum Gasteiger partial charge on any atom is 0.262 e. The van der Waals surface area contributed by atoms with Crippen LogP contribution in [-0.2, 0) is 6.54 Å². The molecule has 1 aromatic heterocycles. The third-order valence-electron chi connectivity index (χ3n) is 4.38. The van der Waals surface area contributed by atoms with E-state index in [0.717, 1.165) is 16.9 Å². The molecule has 142 valence electrons. The molecule has 0 bridgehead atoms. The normalized spacial score (nSPS) is 12.3. The van der Waals surface area contributed by atoms with E-state index >= 15 is 0 Å². The van der Waals surface area contributed by atoms with Crippen LogP contribution in [0.3, 0.4) is 0 Å². The van der Waals surface area contributed by atoms with Gasteiger partial charge in [-0.05, 0) is 44.0 Å². The number of para-hydroxylation sites is 2. The van der Waals surface area contributed by atoms with Gasteiger partial charge in [-0.25, -0.2) is 4.98 Å². The Labute approximate surface area is 163 Å². The highest BCUT2D eigenvalue weighted by molar-refractivity contribution is 7.99. The minimum atomic E-state index is -0.664. The largest absolute Gasteiger partial charge is 0.490 e. The number of aliphatic hydroxyl groups excluding tert-OH is 1. The van der Waals surface area contributed by atoms with Gasteiger partial charge < -0.3 is 9.84 Å². The Hall–Kier alpha value is -2.31. The van der Waals surface area contributed by atoms with Crippen molar-refractivity contribution in [2.75, 3.05) is 12.4 Å². The average molecular weight is 385 g/mol. The Kier molecular flexibility index (Phi) is 6.19. The van der Waals surface area contributed by atoms with E-state index in [-0.39, 0.29) is 12.2 Å². The van der Waals surface area contributed by atoms with Crippen LogP contribution in [0.4, 0.5) is 0 Å². The van der Waals surface area contributed by atoms with E-state index < -0.39 is 6.10 Å². The van der Waals surface area contributed by atoms with Crippen molar-refractivity contribution in [2.24, 2.45) is 0 Å². The highest BCUT2D eigenvalue weighted by atomic mass is 32.2. The summed E-state index contributed by atoms with van der Waals surface area (Å²) in [5, 5.41) is 11.6. The van der Waals surface area contributed by atoms with Crippen LogP contribution in [0.15, 0.2) is 52.4 Å². The first kappa shape index (κ1) is 19.5. The lowest BCUT2D eigenvalue weighted by Crippen LogP contribution is -2.24. The Bertz CT molecular complexity index is 980. The quantitative estimate of drug-likeness (QED) is 0.498. The number of ether oxygens (including phenoxy) is 1. The molecule has 5 nitrogen and oxygen atoms in total. The van der Waals surface area contributed by atoms with Crippen LogP contribution in [0, 0.1) is 13.8 Å². The number of aryl methyl sites for hydroxylation is 2. The molecule has 0 aliphatic rings. The molecule has 0 unspecified atom stereocenters. The number of fused-ring (bicyclic) bond motifs is 1. The van der Waals surface area contributed by atoms with E-state index in [0.29, 0.717) is 28.4 Å². The molecule has 0 spiro atoms. The summed E-state index contributed by atoms with van der Waals surface area (Å²) in [5.41, 5.74) is 2.72. The molecule has 0 radical (unpaired) electrons. The molecule has 0 aliphatic heterocycles. The second kappa shape index (κ2) is 8.59. The standard InChI is InChI=1S/C21H24N2O3S/c1-4-23-20(25)17-10-5-6-11-18(17)22-21(23)27-13-16(24)12-26-19-14(2)8-7-9-15(19)3/h5-11,16,24H,4,12-13H2,1-3H3/t16-/m0/s1. The van der Waals surface area contributed by atoms with Crippen LogP contribution < -0.4 is 10.3 Å². The summed E-state index contributed by atoms with van der Waals surface area (Å²) in [6.07, 6.45) is -0.664. The average Bonchev–Trinajstić information content (AvgIpc) is 2.66. The van der Waals surface area contributed by atoms with E-state index in [1.807, 2.05) is 57.2 Å². The van der Waals surface area contributed by atoms with E-state index in [2.05, 4.69) is 4.98 Å². The number of nitrogens with zero attached hydrogens (tertiary/aromatic N) is 2. The van der Waals surface area contributed by atoms with Crippen LogP contribution in [0.5, 0.6) is 5.75 Å². The molecule has 27 heavy (non-hydrogen) atoms. The van der Waals surface area contributed by atoms with Crippen LogP contribution in [0.1, 0.15) is 18.1 Å². The Morgan fingerprint density at radius 2 is 1.85 bits per heavy atom. The second-order valence-electron chi connectivity index (χ2n) is 6.46. The zero-order valence-corrected chi connectivity index (χ0v) is 16.6. The Morgan fingerprint density at radius 3 is 2.56 bits per heavy atom. The van der Waals surface area contributed by atoms with E-state index in [1.165, 1.54) is 11.8 Å². The van der Waals surface area contributed by atoms with Crippen LogP contribution in [0.2, 0.25) is 0 Å². The fourth-order valence-corrected chi connectivity index (χ4v) is 3.93. The maximum absolute atomic E-state index is 12.6. The smallest absolute Gasteiger partial charge is 0.262 e. The van der Waals surface area contributed by atoms with E-state index in [9.17, 15) is 9.90 Å². The van der Waals surface area contributed by atoms with Gasteiger partial charge in [0, 0.05) is 12.3 Å². The molecule has 6 heteroatoms. The van der Waals surface area contributed by atoms with Gasteiger partial charge in [0.1, 0.15) is 12.4 Å². The lowest BCUT2D eigenvalue weighted by Gasteiger charge is -2.16. The van der Waals surface area contributed by atoms with Gasteiger partial charge in [-0.3, -0.25) is 9.36 Å². The number of thioether (sulfide) groups is 1. The van der Waals surface area contributed by atoms with Crippen molar-refractivity contribution in [3.63, 3.8) is 0 Å². The molecule has 1 N–H and O–H groups in total. The number of rotatable bonds is 7. The van der Waals surface area contributed by atoms with Crippen molar-refractivity contribution in [1.29, 1.82) is 0 Å². The van der Waals surface area contributed by atoms with Crippen molar-refractivity contribution in [3.05, 3.63) is 63.9 Å². The van der Waals surface area contributed by atoms with E-state index in [4.69, 9.17) is 4.74 Å². The lowest BCUT2D eigenvalue weighted by atomic mass is 10.1. The van der Waals surface area contributed by atoms with Crippen molar-refractivity contribution >= 4 is 22.7 Å². The molecule has 3 rings (SSSR count).